The molecule has 0 saturated heterocycles. The fraction of sp³-hybridized carbons (Fsp3) is 0.167. The van der Waals surface area contributed by atoms with Gasteiger partial charge in [0.05, 0.1) is 11.4 Å². The maximum Gasteiger partial charge on any atom is 0.234 e. The van der Waals surface area contributed by atoms with Crippen molar-refractivity contribution >= 4 is 35.1 Å². The fourth-order valence-corrected chi connectivity index (χ4v) is 3.37. The highest BCUT2D eigenvalue weighted by Gasteiger charge is 2.10. The first-order valence-electron chi connectivity index (χ1n) is 7.71. The van der Waals surface area contributed by atoms with Crippen LogP contribution in [0.15, 0.2) is 58.6 Å². The average Bonchev–Trinajstić information content (AvgIpc) is 3.10. The van der Waals surface area contributed by atoms with E-state index in [1.54, 1.807) is 11.8 Å². The molecular weight excluding hydrogens is 352 g/mol. The highest BCUT2D eigenvalue weighted by Crippen LogP contribution is 2.25. The molecule has 0 aliphatic rings. The summed E-state index contributed by atoms with van der Waals surface area (Å²) in [4.78, 5) is 17.6. The topological polar surface area (TPSA) is 70.7 Å². The first kappa shape index (κ1) is 17.6. The molecule has 1 aromatic heterocycles. The molecule has 3 rings (SSSR count). The van der Waals surface area contributed by atoms with Crippen LogP contribution in [0, 0.1) is 6.92 Å². The summed E-state index contributed by atoms with van der Waals surface area (Å²) in [5, 5.41) is 10.6. The van der Waals surface area contributed by atoms with Crippen molar-refractivity contribution < 1.29 is 4.79 Å². The van der Waals surface area contributed by atoms with Gasteiger partial charge in [-0.1, -0.05) is 53.7 Å². The molecule has 3 aromatic rings. The Hall–Kier alpha value is -2.25. The van der Waals surface area contributed by atoms with Crippen molar-refractivity contribution in [2.75, 3.05) is 17.3 Å². The number of nitrogens with one attached hydrogen (secondary N) is 2. The van der Waals surface area contributed by atoms with Crippen LogP contribution in [0.3, 0.4) is 0 Å². The molecule has 0 saturated carbocycles. The highest BCUT2D eigenvalue weighted by atomic mass is 32.2. The number of amides is 1. The fourth-order valence-electron chi connectivity index (χ4n) is 2.22. The zero-order valence-electron chi connectivity index (χ0n) is 13.9. The number of H-pyrrole nitrogens is 1. The lowest BCUT2D eigenvalue weighted by molar-refractivity contribution is -0.113. The van der Waals surface area contributed by atoms with E-state index in [1.165, 1.54) is 17.3 Å². The molecule has 0 radical (unpaired) electrons. The van der Waals surface area contributed by atoms with Gasteiger partial charge in [0.1, 0.15) is 0 Å². The standard InChI is InChI=1S/C18H18N4OS2/c1-12-7-9-13(10-8-12)17-20-18(22-21-17)25-11-16(23)19-14-5-3-4-6-15(14)24-2/h3-10H,11H2,1-2H3,(H,19,23)(H,20,21,22). The first-order valence-corrected chi connectivity index (χ1v) is 9.92. The number of para-hydroxylation sites is 1. The van der Waals surface area contributed by atoms with Gasteiger partial charge in [-0.15, -0.1) is 16.9 Å². The second kappa shape index (κ2) is 8.22. The molecule has 2 aromatic carbocycles. The first-order chi connectivity index (χ1) is 12.2. The van der Waals surface area contributed by atoms with Crippen molar-refractivity contribution in [3.05, 3.63) is 54.1 Å². The lowest BCUT2D eigenvalue weighted by Gasteiger charge is -2.08. The normalized spacial score (nSPS) is 10.6. The molecule has 2 N–H and O–H groups in total. The van der Waals surface area contributed by atoms with E-state index < -0.39 is 0 Å². The molecular formula is C18H18N4OS2. The number of hydrogen-bond donors (Lipinski definition) is 2. The van der Waals surface area contributed by atoms with Crippen molar-refractivity contribution in [3.63, 3.8) is 0 Å². The maximum absolute atomic E-state index is 12.2. The monoisotopic (exact) mass is 370 g/mol. The van der Waals surface area contributed by atoms with Crippen LogP contribution < -0.4 is 5.32 Å². The zero-order chi connectivity index (χ0) is 17.6. The molecule has 0 fully saturated rings. The van der Waals surface area contributed by atoms with Gasteiger partial charge in [-0.2, -0.15) is 0 Å². The third-order valence-corrected chi connectivity index (χ3v) is 5.15. The summed E-state index contributed by atoms with van der Waals surface area (Å²) in [6.07, 6.45) is 1.99. The summed E-state index contributed by atoms with van der Waals surface area (Å²) >= 11 is 2.91. The molecule has 1 amide bonds. The van der Waals surface area contributed by atoms with E-state index in [2.05, 4.69) is 20.5 Å². The van der Waals surface area contributed by atoms with E-state index in [4.69, 9.17) is 0 Å². The number of rotatable bonds is 6. The predicted octanol–water partition coefficient (Wildman–Crippen LogP) is 4.23. The molecule has 7 heteroatoms. The predicted molar refractivity (Wildman–Crippen MR) is 104 cm³/mol. The number of anilines is 1. The minimum absolute atomic E-state index is 0.0758. The van der Waals surface area contributed by atoms with Gasteiger partial charge in [-0.25, -0.2) is 4.98 Å². The van der Waals surface area contributed by atoms with Crippen molar-refractivity contribution in [1.29, 1.82) is 0 Å². The van der Waals surface area contributed by atoms with Crippen molar-refractivity contribution in [3.8, 4) is 11.4 Å². The minimum Gasteiger partial charge on any atom is -0.324 e. The van der Waals surface area contributed by atoms with E-state index in [-0.39, 0.29) is 11.7 Å². The third-order valence-electron chi connectivity index (χ3n) is 3.50. The number of hydrogen-bond acceptors (Lipinski definition) is 5. The van der Waals surface area contributed by atoms with Crippen LogP contribution in [0.5, 0.6) is 0 Å². The molecule has 0 spiro atoms. The summed E-state index contributed by atoms with van der Waals surface area (Å²) in [6, 6.07) is 15.8. The Morgan fingerprint density at radius 1 is 1.16 bits per heavy atom. The zero-order valence-corrected chi connectivity index (χ0v) is 15.6. The van der Waals surface area contributed by atoms with Crippen LogP contribution in [-0.4, -0.2) is 33.1 Å². The second-order valence-electron chi connectivity index (χ2n) is 5.37. The molecule has 1 heterocycles. The number of aryl methyl sites for hydroxylation is 1. The number of carbonyl (C=O) groups excluding carboxylic acids is 1. The molecule has 25 heavy (non-hydrogen) atoms. The van der Waals surface area contributed by atoms with Gasteiger partial charge in [0.25, 0.3) is 0 Å². The summed E-state index contributed by atoms with van der Waals surface area (Å²) in [7, 11) is 0. The Morgan fingerprint density at radius 2 is 1.92 bits per heavy atom. The summed E-state index contributed by atoms with van der Waals surface area (Å²) in [5.41, 5.74) is 3.00. The smallest absolute Gasteiger partial charge is 0.234 e. The average molecular weight is 371 g/mol. The number of benzene rings is 2. The number of aromatic amines is 1. The number of nitrogens with zero attached hydrogens (tertiary/aromatic N) is 2. The van der Waals surface area contributed by atoms with Gasteiger partial charge in [0, 0.05) is 10.5 Å². The molecule has 0 bridgehead atoms. The Balaban J connectivity index is 1.58. The summed E-state index contributed by atoms with van der Waals surface area (Å²) in [5.74, 6) is 0.886. The van der Waals surface area contributed by atoms with Crippen LogP contribution in [0.25, 0.3) is 11.4 Å². The van der Waals surface area contributed by atoms with E-state index >= 15 is 0 Å². The molecule has 5 nitrogen and oxygen atoms in total. The van der Waals surface area contributed by atoms with Gasteiger partial charge in [0.2, 0.25) is 11.1 Å². The molecule has 0 unspecified atom stereocenters. The van der Waals surface area contributed by atoms with Gasteiger partial charge in [-0.3, -0.25) is 9.89 Å². The lowest BCUT2D eigenvalue weighted by atomic mass is 10.1. The van der Waals surface area contributed by atoms with Crippen LogP contribution in [0.1, 0.15) is 5.56 Å². The molecule has 0 aliphatic heterocycles. The van der Waals surface area contributed by atoms with E-state index in [0.717, 1.165) is 16.1 Å². The summed E-state index contributed by atoms with van der Waals surface area (Å²) < 4.78 is 0. The maximum atomic E-state index is 12.2. The van der Waals surface area contributed by atoms with E-state index in [0.29, 0.717) is 11.0 Å². The van der Waals surface area contributed by atoms with E-state index in [1.807, 2.05) is 61.7 Å². The van der Waals surface area contributed by atoms with Crippen LogP contribution in [0.4, 0.5) is 5.69 Å². The minimum atomic E-state index is -0.0758. The molecule has 128 valence electrons. The SMILES string of the molecule is CSc1ccccc1NC(=O)CSc1n[nH]c(-c2ccc(C)cc2)n1. The largest absolute Gasteiger partial charge is 0.324 e. The van der Waals surface area contributed by atoms with Gasteiger partial charge < -0.3 is 5.32 Å². The lowest BCUT2D eigenvalue weighted by Crippen LogP contribution is -2.14. The molecule has 0 aliphatic carbocycles. The number of carbonyl (C=O) groups is 1. The number of thioether (sulfide) groups is 2. The van der Waals surface area contributed by atoms with Crippen molar-refractivity contribution in [2.45, 2.75) is 17.0 Å². The Kier molecular flexibility index (Phi) is 5.78. The van der Waals surface area contributed by atoms with Crippen molar-refractivity contribution in [2.24, 2.45) is 0 Å². The quantitative estimate of drug-likeness (QED) is 0.635. The van der Waals surface area contributed by atoms with Gasteiger partial charge >= 0.3 is 0 Å². The Labute approximate surface area is 155 Å². The van der Waals surface area contributed by atoms with Gasteiger partial charge in [0.15, 0.2) is 5.82 Å². The third kappa shape index (κ3) is 4.64. The van der Waals surface area contributed by atoms with Crippen molar-refractivity contribution in [1.82, 2.24) is 15.2 Å². The Bertz CT molecular complexity index is 862. The summed E-state index contributed by atoms with van der Waals surface area (Å²) in [6.45, 7) is 2.04. The van der Waals surface area contributed by atoms with Crippen LogP contribution >= 0.6 is 23.5 Å². The number of aromatic nitrogens is 3. The second-order valence-corrected chi connectivity index (χ2v) is 7.16. The highest BCUT2D eigenvalue weighted by molar-refractivity contribution is 7.99. The molecule has 0 atom stereocenters. The van der Waals surface area contributed by atoms with Crippen LogP contribution in [-0.2, 0) is 4.79 Å². The van der Waals surface area contributed by atoms with E-state index in [9.17, 15) is 4.79 Å². The Morgan fingerprint density at radius 3 is 2.68 bits per heavy atom. The van der Waals surface area contributed by atoms with Gasteiger partial charge in [-0.05, 0) is 25.3 Å². The van der Waals surface area contributed by atoms with Crippen LogP contribution in [0.2, 0.25) is 0 Å².